The summed E-state index contributed by atoms with van der Waals surface area (Å²) >= 11 is 0. The van der Waals surface area contributed by atoms with E-state index in [-0.39, 0.29) is 5.75 Å². The Labute approximate surface area is 194 Å². The molecule has 1 fully saturated rings. The van der Waals surface area contributed by atoms with Gasteiger partial charge in [-0.25, -0.2) is 4.79 Å². The Morgan fingerprint density at radius 3 is 2.52 bits per heavy atom. The second-order valence-electron chi connectivity index (χ2n) is 8.14. The summed E-state index contributed by atoms with van der Waals surface area (Å²) in [6.45, 7) is 6.35. The van der Waals surface area contributed by atoms with E-state index in [0.717, 1.165) is 61.7 Å². The maximum absolute atomic E-state index is 12.5. The highest BCUT2D eigenvalue weighted by molar-refractivity contribution is 5.90. The number of benzene rings is 2. The van der Waals surface area contributed by atoms with Crippen molar-refractivity contribution in [3.8, 4) is 11.5 Å². The molecule has 6 heteroatoms. The fraction of sp³-hybridized carbons (Fsp3) is 0.259. The molecule has 1 aliphatic heterocycles. The molecular weight excluding hydrogens is 416 g/mol. The molecule has 0 saturated carbocycles. The Morgan fingerprint density at radius 2 is 1.82 bits per heavy atom. The van der Waals surface area contributed by atoms with E-state index in [2.05, 4.69) is 9.88 Å². The first-order valence-electron chi connectivity index (χ1n) is 11.1. The van der Waals surface area contributed by atoms with Crippen LogP contribution in [0.2, 0.25) is 0 Å². The molecule has 0 radical (unpaired) electrons. The Hall–Kier alpha value is -3.48. The highest BCUT2D eigenvalue weighted by Crippen LogP contribution is 2.19. The number of aromatic hydroxyl groups is 1. The van der Waals surface area contributed by atoms with Gasteiger partial charge in [0.15, 0.2) is 0 Å². The second-order valence-corrected chi connectivity index (χ2v) is 8.14. The molecule has 3 aromatic rings. The zero-order valence-electron chi connectivity index (χ0n) is 18.7. The number of hydrogen-bond acceptors (Lipinski definition) is 6. The van der Waals surface area contributed by atoms with Crippen LogP contribution in [0, 0.1) is 6.92 Å². The lowest BCUT2D eigenvalue weighted by Gasteiger charge is -2.26. The number of phenolic OH excluding ortho intramolecular Hbond substituents is 1. The van der Waals surface area contributed by atoms with Crippen molar-refractivity contribution in [3.05, 3.63) is 88.7 Å². The maximum atomic E-state index is 12.5. The number of hydrogen-bond donors (Lipinski definition) is 1. The summed E-state index contributed by atoms with van der Waals surface area (Å²) in [6.07, 6.45) is 6.29. The summed E-state index contributed by atoms with van der Waals surface area (Å²) in [5.74, 6) is 0.291. The molecule has 1 aliphatic rings. The molecule has 0 aliphatic carbocycles. The van der Waals surface area contributed by atoms with Crippen LogP contribution in [0.1, 0.15) is 32.7 Å². The summed E-state index contributed by atoms with van der Waals surface area (Å²) in [5.41, 5.74) is 4.26. The van der Waals surface area contributed by atoms with Crippen LogP contribution in [-0.4, -0.2) is 53.8 Å². The van der Waals surface area contributed by atoms with E-state index in [1.54, 1.807) is 36.5 Å². The lowest BCUT2D eigenvalue weighted by Crippen LogP contribution is -2.37. The van der Waals surface area contributed by atoms with Gasteiger partial charge in [-0.05, 0) is 60.0 Å². The van der Waals surface area contributed by atoms with E-state index in [0.29, 0.717) is 11.3 Å². The van der Waals surface area contributed by atoms with E-state index in [4.69, 9.17) is 9.47 Å². The highest BCUT2D eigenvalue weighted by atomic mass is 16.5. The zero-order chi connectivity index (χ0) is 23.0. The van der Waals surface area contributed by atoms with Gasteiger partial charge in [0.1, 0.15) is 11.5 Å². The summed E-state index contributed by atoms with van der Waals surface area (Å²) in [7, 11) is 0. The molecule has 2 heterocycles. The van der Waals surface area contributed by atoms with Crippen LogP contribution in [0.15, 0.2) is 60.8 Å². The monoisotopic (exact) mass is 444 g/mol. The summed E-state index contributed by atoms with van der Waals surface area (Å²) in [4.78, 5) is 19.2. The minimum absolute atomic E-state index is 0.247. The smallest absolute Gasteiger partial charge is 0.345 e. The van der Waals surface area contributed by atoms with Crippen molar-refractivity contribution in [2.45, 2.75) is 13.3 Å². The van der Waals surface area contributed by atoms with Gasteiger partial charge >= 0.3 is 5.97 Å². The van der Waals surface area contributed by atoms with Crippen molar-refractivity contribution < 1.29 is 19.4 Å². The molecule has 4 rings (SSSR count). The summed E-state index contributed by atoms with van der Waals surface area (Å²) in [5, 5.41) is 9.71. The standard InChI is InChI=1S/C27H28N2O4/c1-20-16-22(18-25(30)17-20)3-2-21-4-8-26(9-5-21)33-27(31)23-6-7-24(28-19-23)10-11-29-12-14-32-15-13-29/h2-9,16-19,30H,10-15H2,1H3/b3-2+. The predicted molar refractivity (Wildman–Crippen MR) is 128 cm³/mol. The average molecular weight is 445 g/mol. The third-order valence-electron chi connectivity index (χ3n) is 5.49. The largest absolute Gasteiger partial charge is 0.508 e. The van der Waals surface area contributed by atoms with E-state index in [1.807, 2.05) is 43.3 Å². The number of carbonyl (C=O) groups is 1. The Bertz CT molecular complexity index is 1080. The van der Waals surface area contributed by atoms with Crippen molar-refractivity contribution >= 4 is 18.1 Å². The number of ether oxygens (including phenoxy) is 2. The second kappa shape index (κ2) is 10.9. The van der Waals surface area contributed by atoms with Gasteiger partial charge in [0.05, 0.1) is 18.8 Å². The summed E-state index contributed by atoms with van der Waals surface area (Å²) in [6, 6.07) is 16.3. The molecule has 6 nitrogen and oxygen atoms in total. The Morgan fingerprint density at radius 1 is 1.06 bits per heavy atom. The third-order valence-corrected chi connectivity index (χ3v) is 5.49. The molecule has 1 aromatic heterocycles. The first-order chi connectivity index (χ1) is 16.0. The predicted octanol–water partition coefficient (Wildman–Crippen LogP) is 4.36. The van der Waals surface area contributed by atoms with Crippen LogP contribution in [0.3, 0.4) is 0 Å². The zero-order valence-corrected chi connectivity index (χ0v) is 18.7. The van der Waals surface area contributed by atoms with E-state index in [1.165, 1.54) is 0 Å². The maximum Gasteiger partial charge on any atom is 0.345 e. The molecule has 1 saturated heterocycles. The lowest BCUT2D eigenvalue weighted by molar-refractivity contribution is 0.0383. The SMILES string of the molecule is Cc1cc(O)cc(/C=C/c2ccc(OC(=O)c3ccc(CCN4CCOCC4)nc3)cc2)c1. The minimum Gasteiger partial charge on any atom is -0.508 e. The van der Waals surface area contributed by atoms with Crippen molar-refractivity contribution in [3.63, 3.8) is 0 Å². The number of esters is 1. The third kappa shape index (κ3) is 6.75. The number of carbonyl (C=O) groups excluding carboxylic acids is 1. The number of rotatable bonds is 7. The highest BCUT2D eigenvalue weighted by Gasteiger charge is 2.12. The number of phenols is 1. The van der Waals surface area contributed by atoms with E-state index in [9.17, 15) is 9.90 Å². The van der Waals surface area contributed by atoms with Crippen LogP contribution in [0.5, 0.6) is 11.5 Å². The quantitative estimate of drug-likeness (QED) is 0.332. The Balaban J connectivity index is 1.30. The van der Waals surface area contributed by atoms with Crippen molar-refractivity contribution in [1.82, 2.24) is 9.88 Å². The summed E-state index contributed by atoms with van der Waals surface area (Å²) < 4.78 is 10.9. The number of pyridine rings is 1. The molecular formula is C27H28N2O4. The minimum atomic E-state index is -0.430. The molecule has 33 heavy (non-hydrogen) atoms. The molecule has 0 bridgehead atoms. The van der Waals surface area contributed by atoms with Crippen molar-refractivity contribution in [2.75, 3.05) is 32.8 Å². The number of aromatic nitrogens is 1. The first-order valence-corrected chi connectivity index (χ1v) is 11.1. The fourth-order valence-electron chi connectivity index (χ4n) is 3.68. The van der Waals surface area contributed by atoms with E-state index < -0.39 is 5.97 Å². The van der Waals surface area contributed by atoms with Gasteiger partial charge in [-0.15, -0.1) is 0 Å². The molecule has 1 N–H and O–H groups in total. The van der Waals surface area contributed by atoms with Crippen LogP contribution < -0.4 is 4.74 Å². The van der Waals surface area contributed by atoms with Crippen LogP contribution in [0.4, 0.5) is 0 Å². The van der Waals surface area contributed by atoms with Gasteiger partial charge in [0.25, 0.3) is 0 Å². The van der Waals surface area contributed by atoms with Crippen molar-refractivity contribution in [2.24, 2.45) is 0 Å². The topological polar surface area (TPSA) is 71.9 Å². The Kier molecular flexibility index (Phi) is 7.50. The van der Waals surface area contributed by atoms with Gasteiger partial charge in [0.2, 0.25) is 0 Å². The molecule has 0 unspecified atom stereocenters. The van der Waals surface area contributed by atoms with Gasteiger partial charge in [-0.2, -0.15) is 0 Å². The normalized spacial score (nSPS) is 14.5. The number of morpholine rings is 1. The van der Waals surface area contributed by atoms with Crippen molar-refractivity contribution in [1.29, 1.82) is 0 Å². The van der Waals surface area contributed by atoms with Gasteiger partial charge < -0.3 is 14.6 Å². The van der Waals surface area contributed by atoms with Gasteiger partial charge in [-0.1, -0.05) is 30.4 Å². The number of aryl methyl sites for hydroxylation is 1. The fourth-order valence-corrected chi connectivity index (χ4v) is 3.68. The average Bonchev–Trinajstić information content (AvgIpc) is 2.83. The first kappa shape index (κ1) is 22.7. The van der Waals surface area contributed by atoms with Crippen LogP contribution in [0.25, 0.3) is 12.2 Å². The molecule has 170 valence electrons. The van der Waals surface area contributed by atoms with Gasteiger partial charge in [-0.3, -0.25) is 9.88 Å². The lowest BCUT2D eigenvalue weighted by atomic mass is 10.1. The molecule has 0 atom stereocenters. The molecule has 0 spiro atoms. The number of nitrogens with zero attached hydrogens (tertiary/aromatic N) is 2. The molecule has 2 aromatic carbocycles. The van der Waals surface area contributed by atoms with Gasteiger partial charge in [0, 0.05) is 37.9 Å². The van der Waals surface area contributed by atoms with Crippen LogP contribution in [-0.2, 0) is 11.2 Å². The van der Waals surface area contributed by atoms with E-state index >= 15 is 0 Å². The van der Waals surface area contributed by atoms with Crippen LogP contribution >= 0.6 is 0 Å². The molecule has 0 amide bonds.